The van der Waals surface area contributed by atoms with Gasteiger partial charge in [0.1, 0.15) is 11.6 Å². The third-order valence-corrected chi connectivity index (χ3v) is 4.86. The molecule has 0 unspecified atom stereocenters. The van der Waals surface area contributed by atoms with Crippen LogP contribution in [-0.4, -0.2) is 21.7 Å². The number of anilines is 1. The molecule has 6 heteroatoms. The average molecular weight is 383 g/mol. The van der Waals surface area contributed by atoms with Gasteiger partial charge in [0.15, 0.2) is 0 Å². The summed E-state index contributed by atoms with van der Waals surface area (Å²) < 4.78 is 15.0. The number of halogens is 2. The van der Waals surface area contributed by atoms with Crippen LogP contribution >= 0.6 is 11.6 Å². The lowest BCUT2D eigenvalue weighted by molar-refractivity contribution is 0.348. The van der Waals surface area contributed by atoms with Gasteiger partial charge in [0.25, 0.3) is 0 Å². The number of allylic oxidation sites excluding steroid dienone is 1. The zero-order valence-electron chi connectivity index (χ0n) is 15.0. The predicted octanol–water partition coefficient (Wildman–Crippen LogP) is 4.78. The van der Waals surface area contributed by atoms with Gasteiger partial charge in [-0.1, -0.05) is 30.3 Å². The average Bonchev–Trinajstić information content (AvgIpc) is 3.15. The fraction of sp³-hybridized carbons (Fsp3) is 0.190. The standard InChI is InChI=1S/C21H20ClFN4/c1-14(11-15-3-7-17(23)8-4-15)24-21-19-12-26(2)13-20(19)25-27(21)18-9-5-16(22)6-10-18/h3-10,24H,1,11-13H2,2H3. The van der Waals surface area contributed by atoms with Gasteiger partial charge in [-0.3, -0.25) is 4.90 Å². The Labute approximate surface area is 162 Å². The minimum absolute atomic E-state index is 0.237. The van der Waals surface area contributed by atoms with Crippen molar-refractivity contribution in [1.82, 2.24) is 14.7 Å². The second-order valence-corrected chi connectivity index (χ2v) is 7.30. The first kappa shape index (κ1) is 17.8. The SMILES string of the molecule is C=C(Cc1ccc(F)cc1)Nc1c2c(nn1-c1ccc(Cl)cc1)CN(C)C2. The quantitative estimate of drug-likeness (QED) is 0.689. The second kappa shape index (κ2) is 7.18. The molecule has 0 atom stereocenters. The van der Waals surface area contributed by atoms with Crippen molar-refractivity contribution in [3.05, 3.63) is 88.5 Å². The van der Waals surface area contributed by atoms with Gasteiger partial charge in [-0.15, -0.1) is 0 Å². The molecule has 1 N–H and O–H groups in total. The molecule has 0 spiro atoms. The number of hydrogen-bond acceptors (Lipinski definition) is 3. The summed E-state index contributed by atoms with van der Waals surface area (Å²) in [6.45, 7) is 5.80. The van der Waals surface area contributed by atoms with Crippen LogP contribution in [0.3, 0.4) is 0 Å². The van der Waals surface area contributed by atoms with Crippen molar-refractivity contribution in [2.75, 3.05) is 12.4 Å². The largest absolute Gasteiger partial charge is 0.344 e. The zero-order valence-corrected chi connectivity index (χ0v) is 15.8. The van der Waals surface area contributed by atoms with Crippen molar-refractivity contribution in [2.24, 2.45) is 0 Å². The van der Waals surface area contributed by atoms with E-state index in [9.17, 15) is 4.39 Å². The summed E-state index contributed by atoms with van der Waals surface area (Å²) in [6.07, 6.45) is 0.608. The topological polar surface area (TPSA) is 33.1 Å². The predicted molar refractivity (Wildman–Crippen MR) is 107 cm³/mol. The van der Waals surface area contributed by atoms with E-state index in [1.54, 1.807) is 12.1 Å². The number of hydrogen-bond donors (Lipinski definition) is 1. The van der Waals surface area contributed by atoms with E-state index in [-0.39, 0.29) is 5.82 Å². The second-order valence-electron chi connectivity index (χ2n) is 6.87. The van der Waals surface area contributed by atoms with E-state index < -0.39 is 0 Å². The van der Waals surface area contributed by atoms with Gasteiger partial charge in [-0.25, -0.2) is 9.07 Å². The van der Waals surface area contributed by atoms with Gasteiger partial charge in [0.05, 0.1) is 11.4 Å². The van der Waals surface area contributed by atoms with E-state index in [4.69, 9.17) is 16.7 Å². The molecule has 0 bridgehead atoms. The van der Waals surface area contributed by atoms with Gasteiger partial charge < -0.3 is 5.32 Å². The number of nitrogens with one attached hydrogen (secondary N) is 1. The molecule has 3 aromatic rings. The van der Waals surface area contributed by atoms with Crippen LogP contribution in [0.25, 0.3) is 5.69 Å². The van der Waals surface area contributed by atoms with Crippen LogP contribution < -0.4 is 5.32 Å². The summed E-state index contributed by atoms with van der Waals surface area (Å²) in [5.41, 5.74) is 5.00. The van der Waals surface area contributed by atoms with Crippen LogP contribution in [-0.2, 0) is 19.5 Å². The summed E-state index contributed by atoms with van der Waals surface area (Å²) in [5.74, 6) is 0.683. The lowest BCUT2D eigenvalue weighted by Crippen LogP contribution is -2.14. The fourth-order valence-electron chi connectivity index (χ4n) is 3.33. The van der Waals surface area contributed by atoms with Crippen molar-refractivity contribution in [1.29, 1.82) is 0 Å². The molecule has 0 saturated carbocycles. The first-order valence-electron chi connectivity index (χ1n) is 8.74. The molecule has 4 rings (SSSR count). The molecule has 27 heavy (non-hydrogen) atoms. The van der Waals surface area contributed by atoms with Crippen LogP contribution in [0.1, 0.15) is 16.8 Å². The summed E-state index contributed by atoms with van der Waals surface area (Å²) in [4.78, 5) is 2.22. The third kappa shape index (κ3) is 3.75. The molecular weight excluding hydrogens is 363 g/mol. The minimum Gasteiger partial charge on any atom is -0.344 e. The Morgan fingerprint density at radius 3 is 2.56 bits per heavy atom. The van der Waals surface area contributed by atoms with Crippen LogP contribution in [0, 0.1) is 5.82 Å². The molecule has 4 nitrogen and oxygen atoms in total. The van der Waals surface area contributed by atoms with E-state index in [0.717, 1.165) is 41.5 Å². The molecule has 0 amide bonds. The first-order valence-corrected chi connectivity index (χ1v) is 9.12. The normalized spacial score (nSPS) is 13.6. The van der Waals surface area contributed by atoms with Gasteiger partial charge in [-0.05, 0) is 49.0 Å². The van der Waals surface area contributed by atoms with E-state index in [1.807, 2.05) is 28.9 Å². The maximum atomic E-state index is 13.1. The van der Waals surface area contributed by atoms with Crippen LogP contribution in [0.15, 0.2) is 60.8 Å². The number of rotatable bonds is 5. The molecule has 0 radical (unpaired) electrons. The molecule has 0 fully saturated rings. The lowest BCUT2D eigenvalue weighted by Gasteiger charge is -2.15. The highest BCUT2D eigenvalue weighted by Crippen LogP contribution is 2.32. The van der Waals surface area contributed by atoms with E-state index in [1.165, 1.54) is 17.7 Å². The molecule has 1 aliphatic heterocycles. The lowest BCUT2D eigenvalue weighted by atomic mass is 10.1. The molecule has 138 valence electrons. The van der Waals surface area contributed by atoms with Crippen molar-refractivity contribution in [2.45, 2.75) is 19.5 Å². The monoisotopic (exact) mass is 382 g/mol. The van der Waals surface area contributed by atoms with Crippen molar-refractivity contribution in [3.8, 4) is 5.69 Å². The Morgan fingerprint density at radius 2 is 1.85 bits per heavy atom. The summed E-state index contributed by atoms with van der Waals surface area (Å²) in [6, 6.07) is 14.1. The van der Waals surface area contributed by atoms with Gasteiger partial charge in [0, 0.05) is 35.8 Å². The molecule has 2 aromatic carbocycles. The number of aromatic nitrogens is 2. The van der Waals surface area contributed by atoms with E-state index >= 15 is 0 Å². The Bertz CT molecular complexity index is 977. The molecule has 1 aromatic heterocycles. The van der Waals surface area contributed by atoms with Crippen molar-refractivity contribution in [3.63, 3.8) is 0 Å². The van der Waals surface area contributed by atoms with Gasteiger partial charge in [-0.2, -0.15) is 5.10 Å². The Hall–Kier alpha value is -2.63. The Morgan fingerprint density at radius 1 is 1.15 bits per heavy atom. The van der Waals surface area contributed by atoms with E-state index in [2.05, 4.69) is 23.8 Å². The molecule has 0 aliphatic carbocycles. The molecular formula is C21H20ClFN4. The van der Waals surface area contributed by atoms with Crippen LogP contribution in [0.5, 0.6) is 0 Å². The van der Waals surface area contributed by atoms with Crippen LogP contribution in [0.2, 0.25) is 5.02 Å². The molecule has 0 saturated heterocycles. The maximum absolute atomic E-state index is 13.1. The van der Waals surface area contributed by atoms with Crippen LogP contribution in [0.4, 0.5) is 10.2 Å². The highest BCUT2D eigenvalue weighted by Gasteiger charge is 2.26. The summed E-state index contributed by atoms with van der Waals surface area (Å²) in [5, 5.41) is 8.92. The van der Waals surface area contributed by atoms with Gasteiger partial charge >= 0.3 is 0 Å². The Kier molecular flexibility index (Phi) is 4.72. The zero-order chi connectivity index (χ0) is 19.0. The Balaban J connectivity index is 1.63. The number of nitrogens with zero attached hydrogens (tertiary/aromatic N) is 3. The van der Waals surface area contributed by atoms with Crippen molar-refractivity contribution >= 4 is 17.4 Å². The first-order chi connectivity index (χ1) is 13.0. The highest BCUT2D eigenvalue weighted by molar-refractivity contribution is 6.30. The number of fused-ring (bicyclic) bond motifs is 1. The third-order valence-electron chi connectivity index (χ3n) is 4.61. The van der Waals surface area contributed by atoms with Gasteiger partial charge in [0.2, 0.25) is 0 Å². The molecule has 1 aliphatic rings. The smallest absolute Gasteiger partial charge is 0.138 e. The van der Waals surface area contributed by atoms with Crippen molar-refractivity contribution < 1.29 is 4.39 Å². The summed E-state index contributed by atoms with van der Waals surface area (Å²) in [7, 11) is 2.07. The van der Waals surface area contributed by atoms with E-state index in [0.29, 0.717) is 11.4 Å². The number of benzene rings is 2. The highest BCUT2D eigenvalue weighted by atomic mass is 35.5. The fourth-order valence-corrected chi connectivity index (χ4v) is 3.45. The molecule has 2 heterocycles. The summed E-state index contributed by atoms with van der Waals surface area (Å²) >= 11 is 6.03. The maximum Gasteiger partial charge on any atom is 0.138 e. The minimum atomic E-state index is -0.237.